The third-order valence-corrected chi connectivity index (χ3v) is 4.81. The van der Waals surface area contributed by atoms with Crippen LogP contribution in [0.3, 0.4) is 0 Å². The number of rotatable bonds is 3. The van der Waals surface area contributed by atoms with E-state index >= 15 is 0 Å². The van der Waals surface area contributed by atoms with E-state index in [2.05, 4.69) is 53.4 Å². The molecule has 0 amide bonds. The molecular formula is C22H21NO. The maximum Gasteiger partial charge on any atom is 0.115 e. The van der Waals surface area contributed by atoms with Crippen LogP contribution in [0.5, 0.6) is 5.75 Å². The van der Waals surface area contributed by atoms with E-state index in [9.17, 15) is 5.11 Å². The van der Waals surface area contributed by atoms with Crippen LogP contribution in [0.15, 0.2) is 72.8 Å². The van der Waals surface area contributed by atoms with E-state index in [-0.39, 0.29) is 0 Å². The van der Waals surface area contributed by atoms with Gasteiger partial charge in [0, 0.05) is 19.6 Å². The number of hydrogen-bond donors (Lipinski definition) is 1. The maximum atomic E-state index is 9.42. The third-order valence-electron chi connectivity index (χ3n) is 4.81. The van der Waals surface area contributed by atoms with Crippen molar-refractivity contribution in [3.63, 3.8) is 0 Å². The molecule has 1 N–H and O–H groups in total. The summed E-state index contributed by atoms with van der Waals surface area (Å²) in [4.78, 5) is 2.49. The third kappa shape index (κ3) is 3.06. The van der Waals surface area contributed by atoms with Gasteiger partial charge >= 0.3 is 0 Å². The molecule has 0 aliphatic carbocycles. The molecule has 0 spiro atoms. The molecule has 2 heteroatoms. The zero-order valence-electron chi connectivity index (χ0n) is 13.7. The van der Waals surface area contributed by atoms with Gasteiger partial charge in [-0.1, -0.05) is 60.7 Å². The molecule has 1 aliphatic rings. The van der Waals surface area contributed by atoms with E-state index < -0.39 is 0 Å². The monoisotopic (exact) mass is 315 g/mol. The Hall–Kier alpha value is -2.58. The number of phenols is 1. The summed E-state index contributed by atoms with van der Waals surface area (Å²) in [5.41, 5.74) is 4.00. The summed E-state index contributed by atoms with van der Waals surface area (Å²) in [7, 11) is 0. The Labute approximate surface area is 142 Å². The average Bonchev–Trinajstić information content (AvgIpc) is 2.63. The molecule has 1 aliphatic heterocycles. The minimum atomic E-state index is 0.327. The Balaban J connectivity index is 1.50. The van der Waals surface area contributed by atoms with Gasteiger partial charge in [-0.3, -0.25) is 4.90 Å². The number of fused-ring (bicyclic) bond motifs is 1. The van der Waals surface area contributed by atoms with Crippen molar-refractivity contribution in [2.45, 2.75) is 13.0 Å². The van der Waals surface area contributed by atoms with Crippen LogP contribution in [0.2, 0.25) is 0 Å². The molecular weight excluding hydrogens is 294 g/mol. The quantitative estimate of drug-likeness (QED) is 0.748. The Morgan fingerprint density at radius 1 is 0.875 bits per heavy atom. The van der Waals surface area contributed by atoms with Gasteiger partial charge in [0.15, 0.2) is 0 Å². The molecule has 24 heavy (non-hydrogen) atoms. The molecule has 1 heterocycles. The fourth-order valence-corrected chi connectivity index (χ4v) is 3.46. The van der Waals surface area contributed by atoms with Gasteiger partial charge in [-0.05, 0) is 46.0 Å². The van der Waals surface area contributed by atoms with Crippen LogP contribution in [0.25, 0.3) is 16.3 Å². The minimum Gasteiger partial charge on any atom is -0.508 e. The normalized spacial score (nSPS) is 15.4. The van der Waals surface area contributed by atoms with E-state index in [0.717, 1.165) is 26.1 Å². The van der Waals surface area contributed by atoms with Crippen molar-refractivity contribution >= 4 is 16.3 Å². The van der Waals surface area contributed by atoms with Crippen molar-refractivity contribution in [3.8, 4) is 5.75 Å². The highest BCUT2D eigenvalue weighted by molar-refractivity contribution is 5.85. The average molecular weight is 315 g/mol. The molecule has 0 fully saturated rings. The first-order chi connectivity index (χ1) is 11.8. The molecule has 0 radical (unpaired) electrons. The van der Waals surface area contributed by atoms with Gasteiger partial charge in [-0.25, -0.2) is 0 Å². The molecule has 0 atom stereocenters. The highest BCUT2D eigenvalue weighted by Crippen LogP contribution is 2.26. The van der Waals surface area contributed by atoms with Crippen molar-refractivity contribution in [2.75, 3.05) is 13.1 Å². The smallest absolute Gasteiger partial charge is 0.115 e. The first-order valence-electron chi connectivity index (χ1n) is 8.47. The summed E-state index contributed by atoms with van der Waals surface area (Å²) in [6.45, 7) is 3.02. The molecule has 4 rings (SSSR count). The molecule has 0 aromatic heterocycles. The summed E-state index contributed by atoms with van der Waals surface area (Å²) < 4.78 is 0. The predicted molar refractivity (Wildman–Crippen MR) is 99.9 cm³/mol. The SMILES string of the molecule is Oc1ccc(C2=CCN(Cc3cccc4ccccc34)CC2)cc1. The van der Waals surface area contributed by atoms with Crippen LogP contribution in [-0.2, 0) is 6.54 Å². The zero-order valence-corrected chi connectivity index (χ0v) is 13.7. The molecule has 3 aromatic carbocycles. The summed E-state index contributed by atoms with van der Waals surface area (Å²) in [5, 5.41) is 12.1. The second-order valence-corrected chi connectivity index (χ2v) is 6.40. The van der Waals surface area contributed by atoms with Crippen LogP contribution in [0.1, 0.15) is 17.5 Å². The van der Waals surface area contributed by atoms with E-state index in [1.165, 1.54) is 27.5 Å². The van der Waals surface area contributed by atoms with Gasteiger partial charge in [-0.15, -0.1) is 0 Å². The molecule has 0 saturated carbocycles. The molecule has 0 unspecified atom stereocenters. The summed E-state index contributed by atoms with van der Waals surface area (Å²) in [6, 6.07) is 22.7. The van der Waals surface area contributed by atoms with Crippen LogP contribution in [-0.4, -0.2) is 23.1 Å². The van der Waals surface area contributed by atoms with E-state index in [0.29, 0.717) is 5.75 Å². The standard InChI is InChI=1S/C22H21NO/c24-21-10-8-17(9-11-21)18-12-14-23(15-13-18)16-20-6-3-5-19-4-1-2-7-22(19)20/h1-12,24H,13-16H2. The van der Waals surface area contributed by atoms with Gasteiger partial charge in [0.1, 0.15) is 5.75 Å². The number of aromatic hydroxyl groups is 1. The number of hydrogen-bond acceptors (Lipinski definition) is 2. The Morgan fingerprint density at radius 2 is 1.67 bits per heavy atom. The highest BCUT2D eigenvalue weighted by Gasteiger charge is 2.14. The van der Waals surface area contributed by atoms with Crippen LogP contribution in [0, 0.1) is 0 Å². The summed E-state index contributed by atoms with van der Waals surface area (Å²) in [6.07, 6.45) is 3.37. The van der Waals surface area contributed by atoms with E-state index in [1.807, 2.05) is 12.1 Å². The zero-order chi connectivity index (χ0) is 16.4. The number of nitrogens with zero attached hydrogens (tertiary/aromatic N) is 1. The van der Waals surface area contributed by atoms with Gasteiger partial charge in [0.05, 0.1) is 0 Å². The van der Waals surface area contributed by atoms with Crippen LogP contribution in [0.4, 0.5) is 0 Å². The lowest BCUT2D eigenvalue weighted by atomic mass is 9.98. The lowest BCUT2D eigenvalue weighted by molar-refractivity contribution is 0.295. The first kappa shape index (κ1) is 15.0. The topological polar surface area (TPSA) is 23.5 Å². The second-order valence-electron chi connectivity index (χ2n) is 6.40. The van der Waals surface area contributed by atoms with Gasteiger partial charge in [0.2, 0.25) is 0 Å². The van der Waals surface area contributed by atoms with Crippen LogP contribution >= 0.6 is 0 Å². The maximum absolute atomic E-state index is 9.42. The van der Waals surface area contributed by atoms with E-state index in [1.54, 1.807) is 12.1 Å². The number of phenolic OH excluding ortho intramolecular Hbond substituents is 1. The lowest BCUT2D eigenvalue weighted by Gasteiger charge is -2.27. The van der Waals surface area contributed by atoms with Gasteiger partial charge in [0.25, 0.3) is 0 Å². The first-order valence-corrected chi connectivity index (χ1v) is 8.47. The number of benzene rings is 3. The second kappa shape index (κ2) is 6.50. The Morgan fingerprint density at radius 3 is 2.46 bits per heavy atom. The fraction of sp³-hybridized carbons (Fsp3) is 0.182. The molecule has 3 aromatic rings. The molecule has 0 saturated heterocycles. The lowest BCUT2D eigenvalue weighted by Crippen LogP contribution is -2.28. The minimum absolute atomic E-state index is 0.327. The van der Waals surface area contributed by atoms with Crippen molar-refractivity contribution in [1.29, 1.82) is 0 Å². The van der Waals surface area contributed by atoms with Crippen molar-refractivity contribution < 1.29 is 5.11 Å². The van der Waals surface area contributed by atoms with Crippen molar-refractivity contribution in [1.82, 2.24) is 4.90 Å². The van der Waals surface area contributed by atoms with Gasteiger partial charge in [-0.2, -0.15) is 0 Å². The van der Waals surface area contributed by atoms with Crippen molar-refractivity contribution in [3.05, 3.63) is 83.9 Å². The van der Waals surface area contributed by atoms with E-state index in [4.69, 9.17) is 0 Å². The fourth-order valence-electron chi connectivity index (χ4n) is 3.46. The predicted octanol–water partition coefficient (Wildman–Crippen LogP) is 4.83. The largest absolute Gasteiger partial charge is 0.508 e. The Kier molecular flexibility index (Phi) is 4.06. The van der Waals surface area contributed by atoms with Crippen LogP contribution < -0.4 is 0 Å². The molecule has 0 bridgehead atoms. The Bertz CT molecular complexity index is 875. The molecule has 120 valence electrons. The van der Waals surface area contributed by atoms with Gasteiger partial charge < -0.3 is 5.11 Å². The van der Waals surface area contributed by atoms with Crippen molar-refractivity contribution in [2.24, 2.45) is 0 Å². The highest BCUT2D eigenvalue weighted by atomic mass is 16.3. The summed E-state index contributed by atoms with van der Waals surface area (Å²) in [5.74, 6) is 0.327. The molecule has 2 nitrogen and oxygen atoms in total. The summed E-state index contributed by atoms with van der Waals surface area (Å²) >= 11 is 0.